The number of aryl methyl sites for hydroxylation is 1. The van der Waals surface area contributed by atoms with Crippen molar-refractivity contribution in [1.82, 2.24) is 0 Å². The molecule has 1 aromatic carbocycles. The molecule has 0 N–H and O–H groups in total. The van der Waals surface area contributed by atoms with Crippen LogP contribution in [0.2, 0.25) is 0 Å². The van der Waals surface area contributed by atoms with Crippen molar-refractivity contribution in [2.24, 2.45) is 5.92 Å². The van der Waals surface area contributed by atoms with Gasteiger partial charge >= 0.3 is 0 Å². The lowest BCUT2D eigenvalue weighted by molar-refractivity contribution is 0.130. The molecule has 1 aromatic rings. The third-order valence-electron chi connectivity index (χ3n) is 4.22. The Hall–Kier alpha value is -1.24. The summed E-state index contributed by atoms with van der Waals surface area (Å²) in [5.41, 5.74) is 3.54. The van der Waals surface area contributed by atoms with Gasteiger partial charge in [-0.1, -0.05) is 31.6 Å². The van der Waals surface area contributed by atoms with Crippen LogP contribution in [0.15, 0.2) is 24.8 Å². The molecule has 0 radical (unpaired) electrons. The van der Waals surface area contributed by atoms with Gasteiger partial charge in [0.1, 0.15) is 5.75 Å². The molecule has 19 heavy (non-hydrogen) atoms. The topological polar surface area (TPSA) is 9.23 Å². The zero-order valence-electron chi connectivity index (χ0n) is 12.5. The molecule has 0 saturated heterocycles. The van der Waals surface area contributed by atoms with Gasteiger partial charge in [-0.15, -0.1) is 0 Å². The van der Waals surface area contributed by atoms with Crippen LogP contribution < -0.4 is 4.74 Å². The molecule has 104 valence electrons. The molecule has 1 saturated carbocycles. The highest BCUT2D eigenvalue weighted by Crippen LogP contribution is 2.30. The van der Waals surface area contributed by atoms with Gasteiger partial charge in [0.2, 0.25) is 0 Å². The fraction of sp³-hybridized carbons (Fsp3) is 0.556. The minimum atomic E-state index is 0.405. The van der Waals surface area contributed by atoms with Crippen molar-refractivity contribution >= 4 is 5.57 Å². The minimum absolute atomic E-state index is 0.405. The van der Waals surface area contributed by atoms with E-state index in [1.165, 1.54) is 43.2 Å². The Morgan fingerprint density at radius 3 is 2.47 bits per heavy atom. The standard InChI is InChI=1S/C18H26O/c1-5-15-6-8-17(9-7-15)19-18-11-14(4)10-16(12-18)13(2)3/h10-12,15,17H,2,5-9H2,1,3-4H3. The second-order valence-corrected chi connectivity index (χ2v) is 5.98. The summed E-state index contributed by atoms with van der Waals surface area (Å²) in [6, 6.07) is 6.43. The predicted molar refractivity (Wildman–Crippen MR) is 82.6 cm³/mol. The fourth-order valence-corrected chi connectivity index (χ4v) is 2.91. The van der Waals surface area contributed by atoms with Gasteiger partial charge in [-0.3, -0.25) is 0 Å². The highest BCUT2D eigenvalue weighted by atomic mass is 16.5. The second kappa shape index (κ2) is 6.27. The van der Waals surface area contributed by atoms with E-state index in [2.05, 4.69) is 38.6 Å². The van der Waals surface area contributed by atoms with Gasteiger partial charge in [0.25, 0.3) is 0 Å². The maximum absolute atomic E-state index is 6.18. The number of hydrogen-bond donors (Lipinski definition) is 0. The number of ether oxygens (including phenoxy) is 1. The van der Waals surface area contributed by atoms with Gasteiger partial charge in [-0.25, -0.2) is 0 Å². The molecular formula is C18H26O. The molecule has 0 unspecified atom stereocenters. The Morgan fingerprint density at radius 2 is 1.89 bits per heavy atom. The first kappa shape index (κ1) is 14.2. The molecule has 0 aliphatic heterocycles. The van der Waals surface area contributed by atoms with Gasteiger partial charge in [0.05, 0.1) is 6.10 Å². The van der Waals surface area contributed by atoms with E-state index in [9.17, 15) is 0 Å². The second-order valence-electron chi connectivity index (χ2n) is 5.98. The maximum atomic E-state index is 6.18. The molecular weight excluding hydrogens is 232 g/mol. The lowest BCUT2D eigenvalue weighted by Gasteiger charge is -2.28. The number of allylic oxidation sites excluding steroid dienone is 1. The van der Waals surface area contributed by atoms with Gasteiger partial charge in [0, 0.05) is 0 Å². The third kappa shape index (κ3) is 3.86. The summed E-state index contributed by atoms with van der Waals surface area (Å²) in [4.78, 5) is 0. The molecule has 1 fully saturated rings. The first-order valence-corrected chi connectivity index (χ1v) is 7.52. The molecule has 0 aromatic heterocycles. The minimum Gasteiger partial charge on any atom is -0.490 e. The van der Waals surface area contributed by atoms with Crippen molar-refractivity contribution in [3.63, 3.8) is 0 Å². The van der Waals surface area contributed by atoms with Crippen LogP contribution in [0.4, 0.5) is 0 Å². The molecule has 0 spiro atoms. The largest absolute Gasteiger partial charge is 0.490 e. The number of hydrogen-bond acceptors (Lipinski definition) is 1. The smallest absolute Gasteiger partial charge is 0.120 e. The van der Waals surface area contributed by atoms with E-state index in [1.807, 2.05) is 6.92 Å². The summed E-state index contributed by atoms with van der Waals surface area (Å²) >= 11 is 0. The van der Waals surface area contributed by atoms with Crippen LogP contribution in [0.25, 0.3) is 5.57 Å². The van der Waals surface area contributed by atoms with Gasteiger partial charge < -0.3 is 4.74 Å². The molecule has 1 aliphatic carbocycles. The number of benzene rings is 1. The predicted octanol–water partition coefficient (Wildman–Crippen LogP) is 5.38. The highest BCUT2D eigenvalue weighted by molar-refractivity contribution is 5.63. The van der Waals surface area contributed by atoms with Crippen LogP contribution in [0, 0.1) is 12.8 Å². The lowest BCUT2D eigenvalue weighted by atomic mass is 9.86. The Kier molecular flexibility index (Phi) is 4.68. The molecule has 0 bridgehead atoms. The summed E-state index contributed by atoms with van der Waals surface area (Å²) in [6.07, 6.45) is 6.77. The quantitative estimate of drug-likeness (QED) is 0.705. The van der Waals surface area contributed by atoms with Gasteiger partial charge in [-0.2, -0.15) is 0 Å². The average Bonchev–Trinajstić information content (AvgIpc) is 2.39. The van der Waals surface area contributed by atoms with E-state index in [0.29, 0.717) is 6.10 Å². The van der Waals surface area contributed by atoms with E-state index in [1.54, 1.807) is 0 Å². The first-order valence-electron chi connectivity index (χ1n) is 7.52. The lowest BCUT2D eigenvalue weighted by Crippen LogP contribution is -2.23. The zero-order valence-corrected chi connectivity index (χ0v) is 12.5. The van der Waals surface area contributed by atoms with E-state index < -0.39 is 0 Å². The van der Waals surface area contributed by atoms with Crippen molar-refractivity contribution in [3.05, 3.63) is 35.9 Å². The van der Waals surface area contributed by atoms with E-state index in [0.717, 1.165) is 17.2 Å². The first-order chi connectivity index (χ1) is 9.08. The van der Waals surface area contributed by atoms with Crippen LogP contribution in [0.3, 0.4) is 0 Å². The molecule has 0 atom stereocenters. The SMILES string of the molecule is C=C(C)c1cc(C)cc(OC2CCC(CC)CC2)c1. The van der Waals surface area contributed by atoms with Crippen LogP contribution in [0.1, 0.15) is 57.1 Å². The van der Waals surface area contributed by atoms with E-state index in [4.69, 9.17) is 4.74 Å². The summed E-state index contributed by atoms with van der Waals surface area (Å²) in [6.45, 7) is 10.5. The Balaban J connectivity index is 2.01. The number of rotatable bonds is 4. The van der Waals surface area contributed by atoms with Crippen molar-refractivity contribution in [2.45, 2.75) is 59.0 Å². The van der Waals surface area contributed by atoms with E-state index >= 15 is 0 Å². The van der Waals surface area contributed by atoms with Crippen molar-refractivity contribution in [2.75, 3.05) is 0 Å². The monoisotopic (exact) mass is 258 g/mol. The third-order valence-corrected chi connectivity index (χ3v) is 4.22. The van der Waals surface area contributed by atoms with Crippen molar-refractivity contribution in [1.29, 1.82) is 0 Å². The van der Waals surface area contributed by atoms with Crippen LogP contribution in [-0.2, 0) is 0 Å². The fourth-order valence-electron chi connectivity index (χ4n) is 2.91. The van der Waals surface area contributed by atoms with Crippen LogP contribution >= 0.6 is 0 Å². The highest BCUT2D eigenvalue weighted by Gasteiger charge is 2.21. The van der Waals surface area contributed by atoms with Crippen LogP contribution in [0.5, 0.6) is 5.75 Å². The van der Waals surface area contributed by atoms with E-state index in [-0.39, 0.29) is 0 Å². The molecule has 1 aliphatic rings. The normalized spacial score (nSPS) is 23.1. The summed E-state index contributed by atoms with van der Waals surface area (Å²) in [5.74, 6) is 1.93. The Labute approximate surface area is 117 Å². The van der Waals surface area contributed by atoms with Gasteiger partial charge in [0.15, 0.2) is 0 Å². The Morgan fingerprint density at radius 1 is 1.21 bits per heavy atom. The average molecular weight is 258 g/mol. The Bertz CT molecular complexity index is 439. The van der Waals surface area contributed by atoms with Crippen LogP contribution in [-0.4, -0.2) is 6.10 Å². The molecule has 1 nitrogen and oxygen atoms in total. The summed E-state index contributed by atoms with van der Waals surface area (Å²) in [7, 11) is 0. The summed E-state index contributed by atoms with van der Waals surface area (Å²) < 4.78 is 6.18. The molecule has 0 heterocycles. The zero-order chi connectivity index (χ0) is 13.8. The molecule has 1 heteroatoms. The van der Waals surface area contributed by atoms with Crippen molar-refractivity contribution in [3.8, 4) is 5.75 Å². The van der Waals surface area contributed by atoms with Gasteiger partial charge in [-0.05, 0) is 68.7 Å². The maximum Gasteiger partial charge on any atom is 0.120 e. The molecule has 0 amide bonds. The molecule has 2 rings (SSSR count). The van der Waals surface area contributed by atoms with Crippen molar-refractivity contribution < 1.29 is 4.74 Å². The summed E-state index contributed by atoms with van der Waals surface area (Å²) in [5, 5.41) is 0.